The molecule has 0 aliphatic carbocycles. The van der Waals surface area contributed by atoms with E-state index in [1.807, 2.05) is 12.1 Å². The quantitative estimate of drug-likeness (QED) is 0.442. The second-order valence-corrected chi connectivity index (χ2v) is 5.15. The summed E-state index contributed by atoms with van der Waals surface area (Å²) in [6.45, 7) is 0.600. The zero-order chi connectivity index (χ0) is 13.7. The topological polar surface area (TPSA) is 70.9 Å². The van der Waals surface area contributed by atoms with E-state index >= 15 is 0 Å². The van der Waals surface area contributed by atoms with Gasteiger partial charge in [0.25, 0.3) is 5.91 Å². The second-order valence-electron chi connectivity index (χ2n) is 4.04. The first-order valence-corrected chi connectivity index (χ1v) is 7.04. The van der Waals surface area contributed by atoms with Crippen LogP contribution in [0.25, 0.3) is 10.9 Å². The summed E-state index contributed by atoms with van der Waals surface area (Å²) in [5, 5.41) is 3.78. The predicted octanol–water partition coefficient (Wildman–Crippen LogP) is 1.85. The van der Waals surface area contributed by atoms with Gasteiger partial charge in [-0.25, -0.2) is 0 Å². The first-order chi connectivity index (χ1) is 9.20. The van der Waals surface area contributed by atoms with E-state index in [0.717, 1.165) is 16.7 Å². The average Bonchev–Trinajstić information content (AvgIpc) is 2.81. The molecule has 0 radical (unpaired) electrons. The fourth-order valence-electron chi connectivity index (χ4n) is 1.74. The van der Waals surface area contributed by atoms with Gasteiger partial charge in [-0.05, 0) is 24.3 Å². The van der Waals surface area contributed by atoms with Gasteiger partial charge in [0.1, 0.15) is 5.69 Å². The fraction of sp³-hybridized carbons (Fsp3) is 0.214. The number of nitrogens with one attached hydrogen (secondary N) is 2. The van der Waals surface area contributed by atoms with Crippen LogP contribution in [0.4, 0.5) is 5.69 Å². The number of terminal acetylenes is 1. The van der Waals surface area contributed by atoms with Crippen LogP contribution in [0.2, 0.25) is 0 Å². The van der Waals surface area contributed by atoms with E-state index in [4.69, 9.17) is 12.2 Å². The molecule has 0 spiro atoms. The third-order valence-corrected chi connectivity index (χ3v) is 3.47. The first-order valence-electron chi connectivity index (χ1n) is 5.88. The molecule has 0 saturated carbocycles. The van der Waals surface area contributed by atoms with Crippen LogP contribution >= 0.6 is 11.8 Å². The molecule has 1 heterocycles. The Morgan fingerprint density at radius 1 is 1.47 bits per heavy atom. The lowest BCUT2D eigenvalue weighted by molar-refractivity contribution is 0.0952. The lowest BCUT2D eigenvalue weighted by Crippen LogP contribution is -2.26. The Morgan fingerprint density at radius 3 is 3.11 bits per heavy atom. The van der Waals surface area contributed by atoms with Gasteiger partial charge in [-0.3, -0.25) is 4.79 Å². The highest BCUT2D eigenvalue weighted by Crippen LogP contribution is 2.18. The average molecular weight is 273 g/mol. The van der Waals surface area contributed by atoms with Gasteiger partial charge in [-0.15, -0.1) is 18.2 Å². The SMILES string of the molecule is C#CCSCCNC(=O)c1cc2cc(N)ccc2[nH]1. The Labute approximate surface area is 116 Å². The Kier molecular flexibility index (Phi) is 4.37. The van der Waals surface area contributed by atoms with Crippen molar-refractivity contribution in [2.75, 3.05) is 23.8 Å². The van der Waals surface area contributed by atoms with E-state index in [-0.39, 0.29) is 5.91 Å². The lowest BCUT2D eigenvalue weighted by Gasteiger charge is -2.01. The van der Waals surface area contributed by atoms with Gasteiger partial charge >= 0.3 is 0 Å². The molecule has 0 atom stereocenters. The van der Waals surface area contributed by atoms with Crippen molar-refractivity contribution in [3.63, 3.8) is 0 Å². The minimum Gasteiger partial charge on any atom is -0.399 e. The lowest BCUT2D eigenvalue weighted by atomic mass is 10.2. The fourth-order valence-corrected chi connectivity index (χ4v) is 2.25. The zero-order valence-electron chi connectivity index (χ0n) is 10.4. The van der Waals surface area contributed by atoms with E-state index in [1.54, 1.807) is 23.9 Å². The number of thioether (sulfide) groups is 1. The molecule has 98 valence electrons. The van der Waals surface area contributed by atoms with Crippen LogP contribution in [-0.4, -0.2) is 28.9 Å². The van der Waals surface area contributed by atoms with Crippen molar-refractivity contribution < 1.29 is 4.79 Å². The van der Waals surface area contributed by atoms with Gasteiger partial charge in [0.15, 0.2) is 0 Å². The maximum atomic E-state index is 11.9. The molecule has 0 bridgehead atoms. The molecule has 2 aromatic rings. The van der Waals surface area contributed by atoms with Gasteiger partial charge in [-0.1, -0.05) is 5.92 Å². The largest absolute Gasteiger partial charge is 0.399 e. The van der Waals surface area contributed by atoms with Crippen LogP contribution in [0.1, 0.15) is 10.5 Å². The second kappa shape index (κ2) is 6.21. The normalized spacial score (nSPS) is 10.3. The van der Waals surface area contributed by atoms with Crippen molar-refractivity contribution >= 4 is 34.3 Å². The summed E-state index contributed by atoms with van der Waals surface area (Å²) < 4.78 is 0. The molecule has 0 aliphatic rings. The van der Waals surface area contributed by atoms with E-state index < -0.39 is 0 Å². The monoisotopic (exact) mass is 273 g/mol. The molecule has 0 unspecified atom stereocenters. The van der Waals surface area contributed by atoms with E-state index in [1.165, 1.54) is 0 Å². The molecule has 0 aliphatic heterocycles. The van der Waals surface area contributed by atoms with Crippen LogP contribution < -0.4 is 11.1 Å². The van der Waals surface area contributed by atoms with E-state index in [9.17, 15) is 4.79 Å². The Hall–Kier alpha value is -2.06. The molecule has 19 heavy (non-hydrogen) atoms. The number of nitrogens with two attached hydrogens (primary N) is 1. The van der Waals surface area contributed by atoms with Gasteiger partial charge in [-0.2, -0.15) is 0 Å². The molecule has 0 fully saturated rings. The number of rotatable bonds is 5. The van der Waals surface area contributed by atoms with E-state index in [0.29, 0.717) is 23.7 Å². The number of H-pyrrole nitrogens is 1. The summed E-state index contributed by atoms with van der Waals surface area (Å²) in [7, 11) is 0. The highest BCUT2D eigenvalue weighted by molar-refractivity contribution is 7.99. The number of carbonyl (C=O) groups excluding carboxylic acids is 1. The number of aromatic amines is 1. The number of carbonyl (C=O) groups is 1. The minimum absolute atomic E-state index is 0.115. The molecular weight excluding hydrogens is 258 g/mol. The van der Waals surface area contributed by atoms with Crippen LogP contribution in [0.3, 0.4) is 0 Å². The number of aromatic nitrogens is 1. The number of anilines is 1. The number of benzene rings is 1. The molecule has 2 rings (SSSR count). The summed E-state index contributed by atoms with van der Waals surface area (Å²) in [4.78, 5) is 15.0. The summed E-state index contributed by atoms with van der Waals surface area (Å²) >= 11 is 1.62. The smallest absolute Gasteiger partial charge is 0.267 e. The summed E-state index contributed by atoms with van der Waals surface area (Å²) in [6.07, 6.45) is 5.14. The zero-order valence-corrected chi connectivity index (χ0v) is 11.2. The van der Waals surface area contributed by atoms with Crippen molar-refractivity contribution in [2.24, 2.45) is 0 Å². The first kappa shape index (κ1) is 13.4. The van der Waals surface area contributed by atoms with Gasteiger partial charge in [0.05, 0.1) is 5.75 Å². The van der Waals surface area contributed by atoms with Crippen LogP contribution in [-0.2, 0) is 0 Å². The van der Waals surface area contributed by atoms with Crippen LogP contribution in [0, 0.1) is 12.3 Å². The predicted molar refractivity (Wildman–Crippen MR) is 81.2 cm³/mol. The van der Waals surface area contributed by atoms with Crippen LogP contribution in [0.15, 0.2) is 24.3 Å². The Morgan fingerprint density at radius 2 is 2.32 bits per heavy atom. The van der Waals surface area contributed by atoms with Gasteiger partial charge in [0, 0.05) is 28.9 Å². The highest BCUT2D eigenvalue weighted by atomic mass is 32.2. The third-order valence-electron chi connectivity index (χ3n) is 2.61. The number of amides is 1. The number of fused-ring (bicyclic) bond motifs is 1. The third kappa shape index (κ3) is 3.46. The molecular formula is C14H15N3OS. The Balaban J connectivity index is 1.96. The van der Waals surface area contributed by atoms with Gasteiger partial charge in [0.2, 0.25) is 0 Å². The molecule has 1 aromatic carbocycles. The summed E-state index contributed by atoms with van der Waals surface area (Å²) in [5.41, 5.74) is 7.83. The molecule has 0 saturated heterocycles. The standard InChI is InChI=1S/C14H15N3OS/c1-2-6-19-7-5-16-14(18)13-9-10-8-11(15)3-4-12(10)17-13/h1,3-4,8-9,17H,5-7,15H2,(H,16,18). The summed E-state index contributed by atoms with van der Waals surface area (Å²) in [6, 6.07) is 7.31. The number of hydrogen-bond acceptors (Lipinski definition) is 3. The van der Waals surface area contributed by atoms with Crippen molar-refractivity contribution in [3.05, 3.63) is 30.0 Å². The van der Waals surface area contributed by atoms with Crippen molar-refractivity contribution in [1.82, 2.24) is 10.3 Å². The summed E-state index contributed by atoms with van der Waals surface area (Å²) in [5.74, 6) is 3.90. The van der Waals surface area contributed by atoms with Crippen molar-refractivity contribution in [3.8, 4) is 12.3 Å². The molecule has 1 amide bonds. The number of hydrogen-bond donors (Lipinski definition) is 3. The maximum absolute atomic E-state index is 11.9. The highest BCUT2D eigenvalue weighted by Gasteiger charge is 2.08. The maximum Gasteiger partial charge on any atom is 0.267 e. The Bertz CT molecular complexity index is 627. The molecule has 4 nitrogen and oxygen atoms in total. The van der Waals surface area contributed by atoms with Gasteiger partial charge < -0.3 is 16.0 Å². The van der Waals surface area contributed by atoms with Crippen LogP contribution in [0.5, 0.6) is 0 Å². The van der Waals surface area contributed by atoms with E-state index in [2.05, 4.69) is 16.2 Å². The van der Waals surface area contributed by atoms with Crippen molar-refractivity contribution in [1.29, 1.82) is 0 Å². The molecule has 4 N–H and O–H groups in total. The molecule has 5 heteroatoms. The molecule has 1 aromatic heterocycles. The number of nitrogen functional groups attached to an aromatic ring is 1. The van der Waals surface area contributed by atoms with Crippen molar-refractivity contribution in [2.45, 2.75) is 0 Å². The minimum atomic E-state index is -0.115.